The van der Waals surface area contributed by atoms with Crippen LogP contribution in [0.15, 0.2) is 45.8 Å². The first-order valence-corrected chi connectivity index (χ1v) is 8.13. The van der Waals surface area contributed by atoms with E-state index in [0.717, 1.165) is 5.69 Å². The predicted octanol–water partition coefficient (Wildman–Crippen LogP) is 2.21. The first-order chi connectivity index (χ1) is 9.38. The molecule has 7 heteroatoms. The summed E-state index contributed by atoms with van der Waals surface area (Å²) in [6.45, 7) is 1.99. The Bertz CT molecular complexity index is 732. The third kappa shape index (κ3) is 3.56. The van der Waals surface area contributed by atoms with Gasteiger partial charge in [-0.05, 0) is 53.2 Å². The molecule has 0 aliphatic rings. The van der Waals surface area contributed by atoms with Crippen molar-refractivity contribution in [3.8, 4) is 0 Å². The predicted molar refractivity (Wildman–Crippen MR) is 81.6 cm³/mol. The number of nitrogens with zero attached hydrogens (tertiary/aromatic N) is 1. The molecule has 0 aliphatic heterocycles. The Kier molecular flexibility index (Phi) is 4.42. The molecule has 0 bridgehead atoms. The number of nitrogens with two attached hydrogens (primary N) is 1. The van der Waals surface area contributed by atoms with Crippen molar-refractivity contribution in [2.75, 3.05) is 5.73 Å². The maximum Gasteiger partial charge on any atom is 0.240 e. The maximum atomic E-state index is 12.1. The van der Waals surface area contributed by atoms with E-state index in [1.54, 1.807) is 12.1 Å². The lowest BCUT2D eigenvalue weighted by molar-refractivity contribution is 0.580. The van der Waals surface area contributed by atoms with E-state index in [4.69, 9.17) is 5.73 Å². The summed E-state index contributed by atoms with van der Waals surface area (Å²) in [6, 6.07) is 9.97. The van der Waals surface area contributed by atoms with Crippen LogP contribution in [0.5, 0.6) is 0 Å². The lowest BCUT2D eigenvalue weighted by atomic mass is 10.3. The van der Waals surface area contributed by atoms with Gasteiger partial charge in [0.2, 0.25) is 10.0 Å². The fraction of sp³-hybridized carbons (Fsp3) is 0.154. The van der Waals surface area contributed by atoms with E-state index < -0.39 is 10.0 Å². The molecule has 0 saturated carbocycles. The number of halogens is 1. The Hall–Kier alpha value is -1.44. The molecule has 0 atom stereocenters. The molecular weight excluding hydrogens is 342 g/mol. The molecule has 0 fully saturated rings. The van der Waals surface area contributed by atoms with Crippen molar-refractivity contribution in [3.05, 3.63) is 52.3 Å². The van der Waals surface area contributed by atoms with Crippen molar-refractivity contribution in [1.29, 1.82) is 0 Å². The van der Waals surface area contributed by atoms with Crippen LogP contribution in [0.2, 0.25) is 0 Å². The molecule has 0 radical (unpaired) electrons. The number of nitrogen functional groups attached to an aromatic ring is 1. The molecule has 0 saturated heterocycles. The molecule has 2 aromatic rings. The van der Waals surface area contributed by atoms with Gasteiger partial charge in [0.15, 0.2) is 0 Å². The van der Waals surface area contributed by atoms with Gasteiger partial charge in [-0.3, -0.25) is 4.98 Å². The van der Waals surface area contributed by atoms with Gasteiger partial charge >= 0.3 is 0 Å². The minimum absolute atomic E-state index is 0.130. The molecule has 0 spiro atoms. The van der Waals surface area contributed by atoms with E-state index >= 15 is 0 Å². The van der Waals surface area contributed by atoms with Crippen LogP contribution in [0.25, 0.3) is 0 Å². The lowest BCUT2D eigenvalue weighted by Gasteiger charge is -2.08. The average molecular weight is 356 g/mol. The van der Waals surface area contributed by atoms with Gasteiger partial charge in [0, 0.05) is 15.9 Å². The number of benzene rings is 1. The number of pyridine rings is 1. The van der Waals surface area contributed by atoms with Gasteiger partial charge < -0.3 is 5.73 Å². The highest BCUT2D eigenvalue weighted by atomic mass is 79.9. The fourth-order valence-electron chi connectivity index (χ4n) is 1.64. The van der Waals surface area contributed by atoms with Gasteiger partial charge in [-0.15, -0.1) is 0 Å². The summed E-state index contributed by atoms with van der Waals surface area (Å²) in [6.07, 6.45) is 0. The Morgan fingerprint density at radius 1 is 1.30 bits per heavy atom. The van der Waals surface area contributed by atoms with E-state index in [2.05, 4.69) is 25.6 Å². The Morgan fingerprint density at radius 2 is 2.05 bits per heavy atom. The van der Waals surface area contributed by atoms with Crippen LogP contribution in [-0.4, -0.2) is 13.4 Å². The van der Waals surface area contributed by atoms with Crippen molar-refractivity contribution in [1.82, 2.24) is 9.71 Å². The third-order valence-electron chi connectivity index (χ3n) is 2.67. The highest BCUT2D eigenvalue weighted by Gasteiger charge is 2.15. The summed E-state index contributed by atoms with van der Waals surface area (Å²) < 4.78 is 27.5. The SMILES string of the molecule is Cc1cccc(CNS(=O)(=O)c2ccc(Br)c(N)c2)n1. The zero-order chi connectivity index (χ0) is 14.8. The van der Waals surface area contributed by atoms with E-state index in [9.17, 15) is 8.42 Å². The number of nitrogens with one attached hydrogen (secondary N) is 1. The minimum Gasteiger partial charge on any atom is -0.398 e. The topological polar surface area (TPSA) is 85.1 Å². The number of hydrogen-bond acceptors (Lipinski definition) is 4. The van der Waals surface area contributed by atoms with Crippen molar-refractivity contribution in [2.24, 2.45) is 0 Å². The molecule has 20 heavy (non-hydrogen) atoms. The van der Waals surface area contributed by atoms with Crippen molar-refractivity contribution < 1.29 is 8.42 Å². The molecule has 0 amide bonds. The first-order valence-electron chi connectivity index (χ1n) is 5.86. The number of anilines is 1. The summed E-state index contributed by atoms with van der Waals surface area (Å²) in [7, 11) is -3.60. The number of sulfonamides is 1. The van der Waals surface area contributed by atoms with Crippen LogP contribution >= 0.6 is 15.9 Å². The third-order valence-corrected chi connectivity index (χ3v) is 4.79. The highest BCUT2D eigenvalue weighted by Crippen LogP contribution is 2.22. The van der Waals surface area contributed by atoms with Gasteiger partial charge in [-0.25, -0.2) is 13.1 Å². The quantitative estimate of drug-likeness (QED) is 0.823. The zero-order valence-corrected chi connectivity index (χ0v) is 13.2. The molecule has 3 N–H and O–H groups in total. The van der Waals surface area contributed by atoms with Gasteiger partial charge in [0.25, 0.3) is 0 Å². The molecule has 106 valence electrons. The summed E-state index contributed by atoms with van der Waals surface area (Å²) >= 11 is 3.23. The fourth-order valence-corrected chi connectivity index (χ4v) is 2.92. The Labute approximate surface area is 126 Å². The monoisotopic (exact) mass is 355 g/mol. The number of aryl methyl sites for hydroxylation is 1. The molecule has 0 aliphatic carbocycles. The van der Waals surface area contributed by atoms with Gasteiger partial charge in [-0.2, -0.15) is 0 Å². The van der Waals surface area contributed by atoms with Gasteiger partial charge in [0.05, 0.1) is 17.1 Å². The van der Waals surface area contributed by atoms with E-state index in [1.807, 2.05) is 19.1 Å². The smallest absolute Gasteiger partial charge is 0.240 e. The van der Waals surface area contributed by atoms with E-state index in [1.165, 1.54) is 12.1 Å². The second-order valence-corrected chi connectivity index (χ2v) is 6.90. The van der Waals surface area contributed by atoms with Crippen LogP contribution < -0.4 is 10.5 Å². The van der Waals surface area contributed by atoms with Crippen molar-refractivity contribution in [3.63, 3.8) is 0 Å². The minimum atomic E-state index is -3.60. The van der Waals surface area contributed by atoms with Gasteiger partial charge in [0.1, 0.15) is 0 Å². The number of hydrogen-bond donors (Lipinski definition) is 2. The molecule has 1 heterocycles. The van der Waals surface area contributed by atoms with Crippen molar-refractivity contribution in [2.45, 2.75) is 18.4 Å². The lowest BCUT2D eigenvalue weighted by Crippen LogP contribution is -2.24. The van der Waals surface area contributed by atoms with Crippen LogP contribution in [0.3, 0.4) is 0 Å². The van der Waals surface area contributed by atoms with E-state index in [0.29, 0.717) is 15.9 Å². The van der Waals surface area contributed by atoms with Crippen LogP contribution in [0.4, 0.5) is 5.69 Å². The first kappa shape index (κ1) is 15.0. The molecule has 1 aromatic heterocycles. The average Bonchev–Trinajstić information content (AvgIpc) is 2.40. The summed E-state index contributed by atoms with van der Waals surface area (Å²) in [5, 5.41) is 0. The summed E-state index contributed by atoms with van der Waals surface area (Å²) in [4.78, 5) is 4.37. The molecule has 2 rings (SSSR count). The molecule has 0 unspecified atom stereocenters. The normalized spacial score (nSPS) is 11.5. The largest absolute Gasteiger partial charge is 0.398 e. The van der Waals surface area contributed by atoms with Crippen LogP contribution in [0.1, 0.15) is 11.4 Å². The van der Waals surface area contributed by atoms with Gasteiger partial charge in [-0.1, -0.05) is 6.07 Å². The Balaban J connectivity index is 2.17. The van der Waals surface area contributed by atoms with E-state index in [-0.39, 0.29) is 11.4 Å². The highest BCUT2D eigenvalue weighted by molar-refractivity contribution is 9.10. The summed E-state index contributed by atoms with van der Waals surface area (Å²) in [5.74, 6) is 0. The zero-order valence-electron chi connectivity index (χ0n) is 10.8. The second kappa shape index (κ2) is 5.90. The summed E-state index contributed by atoms with van der Waals surface area (Å²) in [5.41, 5.74) is 7.58. The molecular formula is C13H14BrN3O2S. The molecule has 5 nitrogen and oxygen atoms in total. The number of rotatable bonds is 4. The van der Waals surface area contributed by atoms with Crippen LogP contribution in [-0.2, 0) is 16.6 Å². The standard InChI is InChI=1S/C13H14BrN3O2S/c1-9-3-2-4-10(17-9)8-16-20(18,19)11-5-6-12(14)13(15)7-11/h2-7,16H,8,15H2,1H3. The Morgan fingerprint density at radius 3 is 2.70 bits per heavy atom. The molecule has 1 aromatic carbocycles. The van der Waals surface area contributed by atoms with Crippen molar-refractivity contribution >= 4 is 31.6 Å². The maximum absolute atomic E-state index is 12.1. The van der Waals surface area contributed by atoms with Crippen LogP contribution in [0, 0.1) is 6.92 Å². The second-order valence-electron chi connectivity index (χ2n) is 4.28. The number of aromatic nitrogens is 1.